The Morgan fingerprint density at radius 3 is 1.47 bits per heavy atom. The molecule has 0 saturated heterocycles. The van der Waals surface area contributed by atoms with Crippen LogP contribution in [0.4, 0.5) is 0 Å². The molecule has 1 aromatic rings. The molecule has 0 heterocycles. The zero-order valence-corrected chi connectivity index (χ0v) is 23.4. The minimum absolute atomic E-state index is 0.00153. The lowest BCUT2D eigenvalue weighted by Gasteiger charge is -2.28. The molecule has 3 nitrogen and oxygen atoms in total. The molecule has 0 aliphatic carbocycles. The molecule has 12 heteroatoms. The fraction of sp³-hybridized carbons (Fsp3) is 0.667. The van der Waals surface area contributed by atoms with E-state index in [0.29, 0.717) is 5.75 Å². The van der Waals surface area contributed by atoms with Crippen LogP contribution in [0.15, 0.2) is 24.3 Å². The third-order valence-corrected chi connectivity index (χ3v) is 6.55. The van der Waals surface area contributed by atoms with E-state index in [1.807, 2.05) is 24.3 Å². The molecule has 0 saturated carbocycles. The average molecular weight is 602 g/mol. The van der Waals surface area contributed by atoms with Gasteiger partial charge in [-0.15, -0.1) is 23.2 Å². The summed E-state index contributed by atoms with van der Waals surface area (Å²) in [6, 6.07) is 7.56. The Hall–Kier alpha value is 1.69. The van der Waals surface area contributed by atoms with E-state index in [0.717, 1.165) is 5.56 Å². The number of halogens is 8. The molecule has 2 unspecified atom stereocenters. The van der Waals surface area contributed by atoms with E-state index in [1.54, 1.807) is 0 Å². The van der Waals surface area contributed by atoms with E-state index in [4.69, 9.17) is 106 Å². The van der Waals surface area contributed by atoms with E-state index < -0.39 is 28.4 Å². The van der Waals surface area contributed by atoms with Gasteiger partial charge in [0.15, 0.2) is 7.59 Å². The summed E-state index contributed by atoms with van der Waals surface area (Å²) in [4.78, 5) is 0. The molecule has 0 aliphatic heterocycles. The lowest BCUT2D eigenvalue weighted by Crippen LogP contribution is -2.25. The fourth-order valence-electron chi connectivity index (χ4n) is 2.17. The van der Waals surface area contributed by atoms with Gasteiger partial charge in [-0.05, 0) is 23.1 Å². The summed E-state index contributed by atoms with van der Waals surface area (Å²) in [7, 11) is -1.99. The van der Waals surface area contributed by atoms with Gasteiger partial charge in [-0.2, -0.15) is 0 Å². The van der Waals surface area contributed by atoms with Crippen LogP contribution in [0.2, 0.25) is 0 Å². The predicted octanol–water partition coefficient (Wildman–Crippen LogP) is 9.36. The van der Waals surface area contributed by atoms with Crippen molar-refractivity contribution < 1.29 is 13.6 Å². The Morgan fingerprint density at radius 2 is 1.17 bits per heavy atom. The average Bonchev–Trinajstić information content (AvgIpc) is 2.57. The maximum Gasteiger partial charge on any atom is 0.397 e. The van der Waals surface area contributed by atoms with Crippen molar-refractivity contribution in [2.45, 2.75) is 58.8 Å². The van der Waals surface area contributed by atoms with Gasteiger partial charge in [0.1, 0.15) is 5.75 Å². The quantitative estimate of drug-likeness (QED) is 0.198. The summed E-state index contributed by atoms with van der Waals surface area (Å²) in [6.07, 6.45) is -1.23. The van der Waals surface area contributed by atoms with E-state index >= 15 is 0 Å². The van der Waals surface area contributed by atoms with Gasteiger partial charge in [-0.25, -0.2) is 0 Å². The van der Waals surface area contributed by atoms with Gasteiger partial charge in [0.05, 0.1) is 12.2 Å². The van der Waals surface area contributed by atoms with Crippen LogP contribution in [0, 0.1) is 0 Å². The SMILES string of the molecule is CC(C)(C)c1ccc(OP(OC(CCl)CC(Cl)(Cl)Cl)OC(CCl)CC(Cl)(Cl)Cl)cc1. The van der Waals surface area contributed by atoms with E-state index in [-0.39, 0.29) is 30.0 Å². The highest BCUT2D eigenvalue weighted by atomic mass is 35.6. The Labute approximate surface area is 219 Å². The molecule has 0 N–H and O–H groups in total. The van der Waals surface area contributed by atoms with Crippen LogP contribution in [0.1, 0.15) is 39.2 Å². The Morgan fingerprint density at radius 1 is 0.767 bits per heavy atom. The smallest absolute Gasteiger partial charge is 0.397 e. The standard InChI is InChI=1S/C18H23Cl8O3P/c1-16(2,3)12-4-6-13(7-5-12)27-30(28-14(10-19)8-17(21,22)23)29-15(11-20)9-18(24,25)26/h4-7,14-15H,8-11H2,1-3H3. The van der Waals surface area contributed by atoms with Gasteiger partial charge in [0.2, 0.25) is 0 Å². The molecular formula is C18H23Cl8O3P. The molecule has 30 heavy (non-hydrogen) atoms. The Balaban J connectivity index is 3.00. The number of hydrogen-bond acceptors (Lipinski definition) is 3. The fourth-order valence-corrected chi connectivity index (χ4v) is 4.94. The van der Waals surface area contributed by atoms with Crippen LogP contribution in [0.25, 0.3) is 0 Å². The van der Waals surface area contributed by atoms with E-state index in [1.165, 1.54) is 0 Å². The number of rotatable bonds is 10. The molecule has 0 spiro atoms. The molecule has 0 bridgehead atoms. The van der Waals surface area contributed by atoms with Crippen LogP contribution >= 0.6 is 101 Å². The first-order chi connectivity index (χ1) is 13.6. The molecule has 0 aliphatic rings. The van der Waals surface area contributed by atoms with Crippen molar-refractivity contribution in [2.24, 2.45) is 0 Å². The highest BCUT2D eigenvalue weighted by Gasteiger charge is 2.33. The first kappa shape index (κ1) is 29.7. The summed E-state index contributed by atoms with van der Waals surface area (Å²) < 4.78 is 14.5. The molecule has 1 rings (SSSR count). The Bertz CT molecular complexity index is 602. The Kier molecular flexibility index (Phi) is 12.8. The lowest BCUT2D eigenvalue weighted by atomic mass is 9.87. The summed E-state index contributed by atoms with van der Waals surface area (Å²) in [5.41, 5.74) is 1.14. The molecule has 0 fully saturated rings. The third-order valence-electron chi connectivity index (χ3n) is 3.63. The highest BCUT2D eigenvalue weighted by molar-refractivity contribution is 7.42. The summed E-state index contributed by atoms with van der Waals surface area (Å²) >= 11 is 47.2. The first-order valence-electron chi connectivity index (χ1n) is 8.80. The van der Waals surface area contributed by atoms with Gasteiger partial charge in [0, 0.05) is 24.6 Å². The molecule has 1 aromatic carbocycles. The lowest BCUT2D eigenvalue weighted by molar-refractivity contribution is 0.124. The summed E-state index contributed by atoms with van der Waals surface area (Å²) in [6.45, 7) is 6.35. The second-order valence-corrected chi connectivity index (χ2v) is 14.2. The van der Waals surface area contributed by atoms with E-state index in [9.17, 15) is 0 Å². The van der Waals surface area contributed by atoms with Crippen molar-refractivity contribution in [2.75, 3.05) is 11.8 Å². The maximum absolute atomic E-state index is 5.98. The second kappa shape index (κ2) is 13.0. The minimum atomic E-state index is -1.99. The van der Waals surface area contributed by atoms with Crippen LogP contribution in [-0.4, -0.2) is 31.6 Å². The third kappa shape index (κ3) is 12.8. The highest BCUT2D eigenvalue weighted by Crippen LogP contribution is 2.47. The largest absolute Gasteiger partial charge is 0.427 e. The monoisotopic (exact) mass is 598 g/mol. The normalized spacial score (nSPS) is 16.2. The van der Waals surface area contributed by atoms with Crippen LogP contribution < -0.4 is 4.52 Å². The molecular weight excluding hydrogens is 579 g/mol. The topological polar surface area (TPSA) is 27.7 Å². The molecule has 0 radical (unpaired) electrons. The first-order valence-corrected chi connectivity index (χ1v) is 13.2. The molecule has 2 atom stereocenters. The van der Waals surface area contributed by atoms with Crippen molar-refractivity contribution in [3.8, 4) is 5.75 Å². The van der Waals surface area contributed by atoms with Gasteiger partial charge >= 0.3 is 8.60 Å². The number of alkyl halides is 8. The van der Waals surface area contributed by atoms with Crippen molar-refractivity contribution in [3.05, 3.63) is 29.8 Å². The van der Waals surface area contributed by atoms with Crippen molar-refractivity contribution in [3.63, 3.8) is 0 Å². The van der Waals surface area contributed by atoms with Crippen molar-refractivity contribution in [1.29, 1.82) is 0 Å². The summed E-state index contributed by atoms with van der Waals surface area (Å²) in [5.74, 6) is 0.634. The number of benzene rings is 1. The maximum atomic E-state index is 5.98. The summed E-state index contributed by atoms with van der Waals surface area (Å²) in [5, 5.41) is 0. The van der Waals surface area contributed by atoms with Crippen molar-refractivity contribution >= 4 is 101 Å². The predicted molar refractivity (Wildman–Crippen MR) is 134 cm³/mol. The van der Waals surface area contributed by atoms with Gasteiger partial charge in [-0.3, -0.25) is 9.05 Å². The van der Waals surface area contributed by atoms with E-state index in [2.05, 4.69) is 20.8 Å². The van der Waals surface area contributed by atoms with Crippen LogP contribution in [-0.2, 0) is 14.5 Å². The minimum Gasteiger partial charge on any atom is -0.427 e. The zero-order valence-electron chi connectivity index (χ0n) is 16.5. The second-order valence-electron chi connectivity index (χ2n) is 7.49. The van der Waals surface area contributed by atoms with Gasteiger partial charge in [0.25, 0.3) is 0 Å². The van der Waals surface area contributed by atoms with Crippen LogP contribution in [0.3, 0.4) is 0 Å². The molecule has 0 amide bonds. The zero-order chi connectivity index (χ0) is 23.2. The van der Waals surface area contributed by atoms with Gasteiger partial charge in [-0.1, -0.05) is 103 Å². The molecule has 0 aromatic heterocycles. The number of hydrogen-bond donors (Lipinski definition) is 0. The van der Waals surface area contributed by atoms with Crippen molar-refractivity contribution in [1.82, 2.24) is 0 Å². The van der Waals surface area contributed by atoms with Crippen LogP contribution in [0.5, 0.6) is 5.75 Å². The molecule has 174 valence electrons. The van der Waals surface area contributed by atoms with Gasteiger partial charge < -0.3 is 4.52 Å².